The van der Waals surface area contributed by atoms with Gasteiger partial charge in [0.25, 0.3) is 0 Å². The fourth-order valence-electron chi connectivity index (χ4n) is 2.83. The maximum atomic E-state index is 12.3. The predicted octanol–water partition coefficient (Wildman–Crippen LogP) is 2.06. The molecule has 3 rings (SSSR count). The van der Waals surface area contributed by atoms with E-state index in [0.717, 1.165) is 47.8 Å². The van der Waals surface area contributed by atoms with Crippen LogP contribution in [-0.4, -0.2) is 49.2 Å². The van der Waals surface area contributed by atoms with Crippen molar-refractivity contribution in [2.45, 2.75) is 19.3 Å². The van der Waals surface area contributed by atoms with Crippen molar-refractivity contribution < 1.29 is 9.53 Å². The van der Waals surface area contributed by atoms with Crippen molar-refractivity contribution >= 4 is 32.7 Å². The molecule has 1 saturated heterocycles. The summed E-state index contributed by atoms with van der Waals surface area (Å²) in [5.74, 6) is 0.177. The van der Waals surface area contributed by atoms with E-state index < -0.39 is 0 Å². The summed E-state index contributed by atoms with van der Waals surface area (Å²) < 4.78 is 5.00. The van der Waals surface area contributed by atoms with Crippen molar-refractivity contribution in [1.82, 2.24) is 15.3 Å². The van der Waals surface area contributed by atoms with Crippen molar-refractivity contribution in [3.05, 3.63) is 18.3 Å². The fourth-order valence-corrected chi connectivity index (χ4v) is 3.77. The van der Waals surface area contributed by atoms with Gasteiger partial charge in [0.15, 0.2) is 5.13 Å². The number of piperidine rings is 1. The van der Waals surface area contributed by atoms with Crippen molar-refractivity contribution in [3.8, 4) is 0 Å². The Bertz CT molecular complexity index is 627. The molecule has 3 heterocycles. The van der Waals surface area contributed by atoms with Crippen LogP contribution >= 0.6 is 11.3 Å². The van der Waals surface area contributed by atoms with Gasteiger partial charge in [-0.25, -0.2) is 9.97 Å². The summed E-state index contributed by atoms with van der Waals surface area (Å²) >= 11 is 1.60. The van der Waals surface area contributed by atoms with E-state index >= 15 is 0 Å². The largest absolute Gasteiger partial charge is 0.385 e. The van der Waals surface area contributed by atoms with Gasteiger partial charge in [-0.15, -0.1) is 0 Å². The second-order valence-corrected chi connectivity index (χ2v) is 6.70. The van der Waals surface area contributed by atoms with Gasteiger partial charge in [0.1, 0.15) is 10.3 Å². The van der Waals surface area contributed by atoms with Gasteiger partial charge in [0.05, 0.1) is 5.92 Å². The van der Waals surface area contributed by atoms with E-state index in [0.29, 0.717) is 13.2 Å². The molecule has 1 fully saturated rings. The molecule has 0 saturated carbocycles. The van der Waals surface area contributed by atoms with Crippen LogP contribution < -0.4 is 10.2 Å². The number of rotatable bonds is 6. The zero-order valence-electron chi connectivity index (χ0n) is 13.3. The van der Waals surface area contributed by atoms with Crippen molar-refractivity contribution in [2.75, 3.05) is 38.3 Å². The lowest BCUT2D eigenvalue weighted by Crippen LogP contribution is -2.43. The molecule has 7 heteroatoms. The van der Waals surface area contributed by atoms with Crippen molar-refractivity contribution in [3.63, 3.8) is 0 Å². The number of amides is 1. The molecule has 6 nitrogen and oxygen atoms in total. The van der Waals surface area contributed by atoms with Gasteiger partial charge in [-0.2, -0.15) is 0 Å². The lowest BCUT2D eigenvalue weighted by atomic mass is 9.97. The third kappa shape index (κ3) is 3.97. The standard InChI is InChI=1S/C16H22N4O2S/c1-22-10-4-8-17-14(21)12-5-3-9-20(11-12)16-19-13-6-2-7-18-15(13)23-16/h2,6-7,12H,3-5,8-11H2,1H3,(H,17,21)/t12-/m1/s1. The maximum absolute atomic E-state index is 12.3. The van der Waals surface area contributed by atoms with Gasteiger partial charge < -0.3 is 15.0 Å². The highest BCUT2D eigenvalue weighted by Gasteiger charge is 2.27. The number of fused-ring (bicyclic) bond motifs is 1. The Morgan fingerprint density at radius 3 is 3.30 bits per heavy atom. The summed E-state index contributed by atoms with van der Waals surface area (Å²) in [6, 6.07) is 3.88. The highest BCUT2D eigenvalue weighted by molar-refractivity contribution is 7.21. The summed E-state index contributed by atoms with van der Waals surface area (Å²) in [7, 11) is 1.67. The Kier molecular flexibility index (Phi) is 5.40. The zero-order valence-corrected chi connectivity index (χ0v) is 14.1. The third-order valence-electron chi connectivity index (χ3n) is 4.04. The maximum Gasteiger partial charge on any atom is 0.224 e. The highest BCUT2D eigenvalue weighted by atomic mass is 32.1. The molecule has 0 bridgehead atoms. The van der Waals surface area contributed by atoms with Gasteiger partial charge >= 0.3 is 0 Å². The average Bonchev–Trinajstić information content (AvgIpc) is 3.03. The number of methoxy groups -OCH3 is 1. The van der Waals surface area contributed by atoms with Gasteiger partial charge in [0.2, 0.25) is 5.91 Å². The molecule has 2 aromatic rings. The third-order valence-corrected chi connectivity index (χ3v) is 5.08. The zero-order chi connectivity index (χ0) is 16.1. The average molecular weight is 334 g/mol. The molecule has 1 aliphatic heterocycles. The molecular weight excluding hydrogens is 312 g/mol. The molecule has 0 unspecified atom stereocenters. The first-order valence-corrected chi connectivity index (χ1v) is 8.82. The summed E-state index contributed by atoms with van der Waals surface area (Å²) in [5.41, 5.74) is 0.929. The molecule has 23 heavy (non-hydrogen) atoms. The summed E-state index contributed by atoms with van der Waals surface area (Å²) in [6.45, 7) is 3.03. The van der Waals surface area contributed by atoms with Crippen LogP contribution in [-0.2, 0) is 9.53 Å². The number of pyridine rings is 1. The van der Waals surface area contributed by atoms with Crippen molar-refractivity contribution in [1.29, 1.82) is 0 Å². The van der Waals surface area contributed by atoms with E-state index in [1.807, 2.05) is 12.1 Å². The molecule has 0 aliphatic carbocycles. The number of aromatic nitrogens is 2. The number of nitrogens with zero attached hydrogens (tertiary/aromatic N) is 3. The minimum Gasteiger partial charge on any atom is -0.385 e. The van der Waals surface area contributed by atoms with Crippen LogP contribution in [0.3, 0.4) is 0 Å². The first-order valence-electron chi connectivity index (χ1n) is 8.01. The fraction of sp³-hybridized carbons (Fsp3) is 0.562. The highest BCUT2D eigenvalue weighted by Crippen LogP contribution is 2.30. The molecule has 0 spiro atoms. The van der Waals surface area contributed by atoms with Crippen LogP contribution in [0.4, 0.5) is 5.13 Å². The lowest BCUT2D eigenvalue weighted by Gasteiger charge is -2.31. The lowest BCUT2D eigenvalue weighted by molar-refractivity contribution is -0.125. The SMILES string of the molecule is COCCCNC(=O)[C@@H]1CCCN(c2nc3cccnc3s2)C1. The van der Waals surface area contributed by atoms with Crippen LogP contribution in [0.2, 0.25) is 0 Å². The summed E-state index contributed by atoms with van der Waals surface area (Å²) in [4.78, 5) is 24.5. The molecule has 124 valence electrons. The Morgan fingerprint density at radius 2 is 2.48 bits per heavy atom. The first-order chi connectivity index (χ1) is 11.3. The Hall–Kier alpha value is -1.73. The molecule has 1 amide bonds. The first kappa shape index (κ1) is 16.1. The van der Waals surface area contributed by atoms with E-state index in [2.05, 4.69) is 20.2 Å². The van der Waals surface area contributed by atoms with Gasteiger partial charge in [-0.3, -0.25) is 4.79 Å². The topological polar surface area (TPSA) is 67.3 Å². The smallest absolute Gasteiger partial charge is 0.224 e. The number of carbonyl (C=O) groups is 1. The molecule has 1 aliphatic rings. The summed E-state index contributed by atoms with van der Waals surface area (Å²) in [6.07, 6.45) is 4.59. The monoisotopic (exact) mass is 334 g/mol. The minimum atomic E-state index is 0.0336. The molecule has 2 aromatic heterocycles. The van der Waals surface area contributed by atoms with Crippen LogP contribution in [0.1, 0.15) is 19.3 Å². The molecule has 1 N–H and O–H groups in total. The van der Waals surface area contributed by atoms with E-state index in [1.165, 1.54) is 0 Å². The predicted molar refractivity (Wildman–Crippen MR) is 91.9 cm³/mol. The molecule has 0 radical (unpaired) electrons. The number of hydrogen-bond donors (Lipinski definition) is 1. The van der Waals surface area contributed by atoms with Gasteiger partial charge in [-0.05, 0) is 31.4 Å². The van der Waals surface area contributed by atoms with Gasteiger partial charge in [0, 0.05) is 39.5 Å². The van der Waals surface area contributed by atoms with Crippen LogP contribution in [0.5, 0.6) is 0 Å². The second kappa shape index (κ2) is 7.70. The number of thiazole rings is 1. The van der Waals surface area contributed by atoms with E-state index in [9.17, 15) is 4.79 Å². The molecule has 1 atom stereocenters. The Morgan fingerprint density at radius 1 is 1.57 bits per heavy atom. The normalized spacial score (nSPS) is 18.3. The van der Waals surface area contributed by atoms with Crippen LogP contribution in [0.25, 0.3) is 10.3 Å². The molecule has 0 aromatic carbocycles. The summed E-state index contributed by atoms with van der Waals surface area (Å²) in [5, 5.41) is 3.98. The van der Waals surface area contributed by atoms with E-state index in [4.69, 9.17) is 4.74 Å². The number of anilines is 1. The van der Waals surface area contributed by atoms with E-state index in [-0.39, 0.29) is 11.8 Å². The quantitative estimate of drug-likeness (QED) is 0.819. The van der Waals surface area contributed by atoms with Gasteiger partial charge in [-0.1, -0.05) is 11.3 Å². The Balaban J connectivity index is 1.60. The van der Waals surface area contributed by atoms with E-state index in [1.54, 1.807) is 24.6 Å². The second-order valence-electron chi connectivity index (χ2n) is 5.75. The number of nitrogens with one attached hydrogen (secondary N) is 1. The Labute approximate surface area is 139 Å². The van der Waals surface area contributed by atoms with Crippen LogP contribution in [0, 0.1) is 5.92 Å². The minimum absolute atomic E-state index is 0.0336. The molecular formula is C16H22N4O2S. The number of ether oxygens (including phenoxy) is 1. The van der Waals surface area contributed by atoms with Crippen LogP contribution in [0.15, 0.2) is 18.3 Å². The number of hydrogen-bond acceptors (Lipinski definition) is 6. The number of carbonyl (C=O) groups excluding carboxylic acids is 1. The van der Waals surface area contributed by atoms with Crippen molar-refractivity contribution in [2.24, 2.45) is 5.92 Å².